The van der Waals surface area contributed by atoms with Crippen molar-refractivity contribution in [1.29, 1.82) is 0 Å². The van der Waals surface area contributed by atoms with Gasteiger partial charge in [-0.2, -0.15) is 0 Å². The minimum Gasteiger partial charge on any atom is -0.406 e. The highest BCUT2D eigenvalue weighted by molar-refractivity contribution is 5.79. The van der Waals surface area contributed by atoms with E-state index in [0.29, 0.717) is 0 Å². The SMILES string of the molecule is C1=CC2=CC=C(CC2)N1.FC(F)(F)Oc1ccc2c(c1)-c1ccc3c(c1CC2/C=C/c1cccnc1)CCC=C3. The monoisotopic (exact) mass is 538 g/mol. The highest BCUT2D eigenvalue weighted by Crippen LogP contribution is 2.45. The molecule has 2 aromatic carbocycles. The van der Waals surface area contributed by atoms with Gasteiger partial charge in [0.2, 0.25) is 0 Å². The quantitative estimate of drug-likeness (QED) is 0.362. The van der Waals surface area contributed by atoms with Gasteiger partial charge in [0, 0.05) is 30.2 Å². The van der Waals surface area contributed by atoms with E-state index in [4.69, 9.17) is 0 Å². The minimum absolute atomic E-state index is 0.0556. The minimum atomic E-state index is -4.72. The molecule has 3 heterocycles. The summed E-state index contributed by atoms with van der Waals surface area (Å²) in [5.41, 5.74) is 10.3. The lowest BCUT2D eigenvalue weighted by atomic mass is 9.74. The summed E-state index contributed by atoms with van der Waals surface area (Å²) in [4.78, 5) is 4.15. The van der Waals surface area contributed by atoms with Gasteiger partial charge >= 0.3 is 6.36 Å². The van der Waals surface area contributed by atoms with Crippen molar-refractivity contribution in [3.63, 3.8) is 0 Å². The van der Waals surface area contributed by atoms with E-state index in [1.165, 1.54) is 52.9 Å². The Kier molecular flexibility index (Phi) is 7.16. The van der Waals surface area contributed by atoms with E-state index < -0.39 is 6.36 Å². The Morgan fingerprint density at radius 1 is 0.950 bits per heavy atom. The first kappa shape index (κ1) is 25.9. The van der Waals surface area contributed by atoms with Gasteiger partial charge in [-0.3, -0.25) is 4.98 Å². The van der Waals surface area contributed by atoms with Crippen LogP contribution in [0.1, 0.15) is 53.0 Å². The number of nitrogens with zero attached hydrogens (tertiary/aromatic N) is 1. The number of halogens is 3. The van der Waals surface area contributed by atoms with E-state index in [-0.39, 0.29) is 11.7 Å². The van der Waals surface area contributed by atoms with Crippen LogP contribution in [0, 0.1) is 0 Å². The number of aromatic nitrogens is 1. The van der Waals surface area contributed by atoms with Gasteiger partial charge in [-0.15, -0.1) is 13.2 Å². The molecule has 0 saturated carbocycles. The van der Waals surface area contributed by atoms with E-state index in [2.05, 4.69) is 57.6 Å². The molecule has 1 unspecified atom stereocenters. The van der Waals surface area contributed by atoms with Crippen LogP contribution in [0.15, 0.2) is 103 Å². The maximum absolute atomic E-state index is 12.8. The van der Waals surface area contributed by atoms with Crippen LogP contribution in [-0.4, -0.2) is 11.3 Å². The zero-order valence-electron chi connectivity index (χ0n) is 21.9. The van der Waals surface area contributed by atoms with Gasteiger partial charge in [0.05, 0.1) is 0 Å². The fraction of sp³-hybridized carbons (Fsp3) is 0.206. The summed E-state index contributed by atoms with van der Waals surface area (Å²) in [5.74, 6) is -0.133. The number of hydrogen-bond donors (Lipinski definition) is 1. The van der Waals surface area contributed by atoms with Crippen molar-refractivity contribution in [3.05, 3.63) is 131 Å². The van der Waals surface area contributed by atoms with Crippen molar-refractivity contribution in [3.8, 4) is 16.9 Å². The Labute approximate surface area is 232 Å². The van der Waals surface area contributed by atoms with Gasteiger partial charge in [0.25, 0.3) is 0 Å². The Hall–Kier alpha value is -4.32. The lowest BCUT2D eigenvalue weighted by Crippen LogP contribution is -2.18. The summed E-state index contributed by atoms with van der Waals surface area (Å²) in [5, 5.41) is 3.20. The second-order valence-corrected chi connectivity index (χ2v) is 10.3. The standard InChI is InChI=1S/C26H20F3NO.C8H9N/c27-26(28,29)31-20-10-12-22-19(8-7-17-4-3-13-30-16-17)14-24-21-6-2-1-5-18(21)9-11-23(24)25(22)15-20;1-3-8-4-2-7(1)5-6-9-8/h1,3-5,7-13,15-16,19H,2,6,14H2;1,3,5-6,9H,2,4H2/b8-7+;. The van der Waals surface area contributed by atoms with E-state index in [9.17, 15) is 13.2 Å². The molecule has 2 bridgehead atoms. The van der Waals surface area contributed by atoms with Crippen LogP contribution in [-0.2, 0) is 12.8 Å². The summed E-state index contributed by atoms with van der Waals surface area (Å²) in [6.07, 6.45) is 20.9. The zero-order chi connectivity index (χ0) is 27.5. The lowest BCUT2D eigenvalue weighted by molar-refractivity contribution is -0.274. The van der Waals surface area contributed by atoms with Crippen molar-refractivity contribution >= 4 is 12.2 Å². The molecule has 8 rings (SSSR count). The predicted octanol–water partition coefficient (Wildman–Crippen LogP) is 8.67. The van der Waals surface area contributed by atoms with Crippen LogP contribution in [0.4, 0.5) is 13.2 Å². The topological polar surface area (TPSA) is 34.1 Å². The Morgan fingerprint density at radius 2 is 1.88 bits per heavy atom. The average Bonchev–Trinajstić information content (AvgIpc) is 3.34. The van der Waals surface area contributed by atoms with E-state index in [1.807, 2.05) is 30.5 Å². The molecule has 1 aromatic heterocycles. The Bertz CT molecular complexity index is 1560. The second kappa shape index (κ2) is 11.0. The Balaban J connectivity index is 0.000000271. The first-order valence-corrected chi connectivity index (χ1v) is 13.6. The number of fused-ring (bicyclic) bond motifs is 8. The summed E-state index contributed by atoms with van der Waals surface area (Å²) < 4.78 is 42.7. The molecule has 3 aliphatic carbocycles. The fourth-order valence-corrected chi connectivity index (χ4v) is 5.75. The fourth-order valence-electron chi connectivity index (χ4n) is 5.75. The molecule has 6 heteroatoms. The van der Waals surface area contributed by atoms with Crippen molar-refractivity contribution in [2.45, 2.75) is 44.4 Å². The number of alkyl halides is 3. The Morgan fingerprint density at radius 3 is 2.67 bits per heavy atom. The van der Waals surface area contributed by atoms with Crippen LogP contribution in [0.25, 0.3) is 23.3 Å². The van der Waals surface area contributed by atoms with Gasteiger partial charge in [-0.25, -0.2) is 0 Å². The number of pyridine rings is 1. The molecule has 0 spiro atoms. The number of hydrogen-bond acceptors (Lipinski definition) is 3. The van der Waals surface area contributed by atoms with Crippen molar-refractivity contribution in [2.24, 2.45) is 0 Å². The summed E-state index contributed by atoms with van der Waals surface area (Å²) >= 11 is 0. The molecule has 1 atom stereocenters. The highest BCUT2D eigenvalue weighted by atomic mass is 19.4. The maximum atomic E-state index is 12.8. The molecule has 3 nitrogen and oxygen atoms in total. The lowest BCUT2D eigenvalue weighted by Gasteiger charge is -2.30. The molecular formula is C34H29F3N2O. The van der Waals surface area contributed by atoms with Crippen molar-refractivity contribution < 1.29 is 17.9 Å². The van der Waals surface area contributed by atoms with Crippen molar-refractivity contribution in [2.75, 3.05) is 0 Å². The second-order valence-electron chi connectivity index (χ2n) is 10.3. The number of nitrogens with one attached hydrogen (secondary N) is 1. The molecule has 0 amide bonds. The molecule has 3 aromatic rings. The smallest absolute Gasteiger partial charge is 0.406 e. The molecule has 40 heavy (non-hydrogen) atoms. The van der Waals surface area contributed by atoms with Gasteiger partial charge in [0.1, 0.15) is 5.75 Å². The highest BCUT2D eigenvalue weighted by Gasteiger charge is 2.32. The van der Waals surface area contributed by atoms with E-state index in [1.54, 1.807) is 18.5 Å². The molecule has 1 N–H and O–H groups in total. The van der Waals surface area contributed by atoms with Crippen LogP contribution >= 0.6 is 0 Å². The predicted molar refractivity (Wildman–Crippen MR) is 153 cm³/mol. The van der Waals surface area contributed by atoms with Crippen LogP contribution in [0.2, 0.25) is 0 Å². The number of ether oxygens (including phenoxy) is 1. The van der Waals surface area contributed by atoms with Crippen LogP contribution < -0.4 is 10.1 Å². The summed E-state index contributed by atoms with van der Waals surface area (Å²) in [7, 11) is 0. The largest absolute Gasteiger partial charge is 0.573 e. The summed E-state index contributed by atoms with van der Waals surface area (Å²) in [6.45, 7) is 0. The van der Waals surface area contributed by atoms with Gasteiger partial charge in [-0.1, -0.05) is 54.6 Å². The number of benzene rings is 2. The van der Waals surface area contributed by atoms with Gasteiger partial charge in [0.15, 0.2) is 0 Å². The third-order valence-corrected chi connectivity index (χ3v) is 7.65. The van der Waals surface area contributed by atoms with E-state index in [0.717, 1.165) is 41.5 Å². The van der Waals surface area contributed by atoms with E-state index >= 15 is 0 Å². The molecule has 0 saturated heterocycles. The third kappa shape index (κ3) is 5.81. The molecular weight excluding hydrogens is 509 g/mol. The molecule has 2 aliphatic heterocycles. The first-order valence-electron chi connectivity index (χ1n) is 13.6. The average molecular weight is 539 g/mol. The molecule has 0 radical (unpaired) electrons. The summed E-state index contributed by atoms with van der Waals surface area (Å²) in [6, 6.07) is 12.6. The third-order valence-electron chi connectivity index (χ3n) is 7.65. The number of allylic oxidation sites excluding steroid dienone is 7. The van der Waals surface area contributed by atoms with Gasteiger partial charge < -0.3 is 10.1 Å². The molecule has 5 aliphatic rings. The molecule has 0 fully saturated rings. The number of rotatable bonds is 3. The zero-order valence-corrected chi connectivity index (χ0v) is 21.9. The van der Waals surface area contributed by atoms with Crippen molar-refractivity contribution in [1.82, 2.24) is 10.3 Å². The van der Waals surface area contributed by atoms with Crippen LogP contribution in [0.3, 0.4) is 0 Å². The van der Waals surface area contributed by atoms with Gasteiger partial charge in [-0.05, 0) is 107 Å². The van der Waals surface area contributed by atoms with Crippen LogP contribution in [0.5, 0.6) is 5.75 Å². The molecule has 202 valence electrons. The maximum Gasteiger partial charge on any atom is 0.573 e. The first-order chi connectivity index (χ1) is 19.4. The normalized spacial score (nSPS) is 18.3.